The molecule has 2 saturated carbocycles. The summed E-state index contributed by atoms with van der Waals surface area (Å²) < 4.78 is 1.89. The van der Waals surface area contributed by atoms with Gasteiger partial charge in [-0.15, -0.1) is 0 Å². The van der Waals surface area contributed by atoms with Gasteiger partial charge >= 0.3 is 0 Å². The van der Waals surface area contributed by atoms with E-state index in [4.69, 9.17) is 5.73 Å². The Labute approximate surface area is 122 Å². The van der Waals surface area contributed by atoms with Crippen LogP contribution in [-0.4, -0.2) is 20.3 Å². The van der Waals surface area contributed by atoms with E-state index in [2.05, 4.69) is 10.1 Å². The van der Waals surface area contributed by atoms with Gasteiger partial charge in [0.05, 0.1) is 0 Å². The quantitative estimate of drug-likeness (QED) is 0.923. The minimum atomic E-state index is -0.0545. The Hall–Kier alpha value is -0.900. The lowest BCUT2D eigenvalue weighted by Gasteiger charge is -2.46. The third kappa shape index (κ3) is 2.76. The Morgan fingerprint density at radius 3 is 2.65 bits per heavy atom. The zero-order chi connectivity index (χ0) is 14.0. The van der Waals surface area contributed by atoms with Crippen LogP contribution < -0.4 is 5.73 Å². The highest BCUT2D eigenvalue weighted by Crippen LogP contribution is 2.43. The van der Waals surface area contributed by atoms with Crippen molar-refractivity contribution >= 4 is 0 Å². The zero-order valence-corrected chi connectivity index (χ0v) is 12.7. The van der Waals surface area contributed by atoms with Crippen LogP contribution in [0.1, 0.15) is 63.6 Å². The number of nitrogens with zero attached hydrogens (tertiary/aromatic N) is 3. The van der Waals surface area contributed by atoms with Crippen LogP contribution in [0.25, 0.3) is 0 Å². The molecule has 0 saturated heterocycles. The molecule has 2 aliphatic rings. The van der Waals surface area contributed by atoms with Gasteiger partial charge in [-0.05, 0) is 24.7 Å². The van der Waals surface area contributed by atoms with E-state index >= 15 is 0 Å². The van der Waals surface area contributed by atoms with Gasteiger partial charge in [-0.1, -0.05) is 44.9 Å². The van der Waals surface area contributed by atoms with Crippen LogP contribution in [0.5, 0.6) is 0 Å². The van der Waals surface area contributed by atoms with Crippen molar-refractivity contribution < 1.29 is 0 Å². The lowest BCUT2D eigenvalue weighted by Crippen LogP contribution is -2.54. The SMILES string of the molecule is Cn1ncnc1CC1(N)CCCCC1C1CCCCC1. The molecule has 2 fully saturated rings. The van der Waals surface area contributed by atoms with Gasteiger partial charge in [0.2, 0.25) is 0 Å². The summed E-state index contributed by atoms with van der Waals surface area (Å²) in [5.74, 6) is 2.59. The van der Waals surface area contributed by atoms with Crippen molar-refractivity contribution in [2.45, 2.75) is 69.7 Å². The second-order valence-electron chi connectivity index (χ2n) is 6.96. The number of nitrogens with two attached hydrogens (primary N) is 1. The lowest BCUT2D eigenvalue weighted by atomic mass is 9.63. The molecule has 0 amide bonds. The summed E-state index contributed by atoms with van der Waals surface area (Å²) in [7, 11) is 1.98. The van der Waals surface area contributed by atoms with Crippen LogP contribution in [0.2, 0.25) is 0 Å². The molecule has 0 aliphatic heterocycles. The number of aromatic nitrogens is 3. The summed E-state index contributed by atoms with van der Waals surface area (Å²) >= 11 is 0. The first-order chi connectivity index (χ1) is 9.69. The number of rotatable bonds is 3. The van der Waals surface area contributed by atoms with Crippen molar-refractivity contribution in [3.8, 4) is 0 Å². The van der Waals surface area contributed by atoms with E-state index in [-0.39, 0.29) is 5.54 Å². The third-order valence-electron chi connectivity index (χ3n) is 5.66. The minimum absolute atomic E-state index is 0.0545. The molecule has 3 rings (SSSR count). The molecule has 0 radical (unpaired) electrons. The van der Waals surface area contributed by atoms with Crippen LogP contribution in [0.3, 0.4) is 0 Å². The molecule has 2 aliphatic carbocycles. The molecule has 112 valence electrons. The van der Waals surface area contributed by atoms with Crippen molar-refractivity contribution in [1.82, 2.24) is 14.8 Å². The second kappa shape index (κ2) is 5.84. The summed E-state index contributed by atoms with van der Waals surface area (Å²) in [5.41, 5.74) is 6.86. The Morgan fingerprint density at radius 2 is 1.95 bits per heavy atom. The summed E-state index contributed by atoms with van der Waals surface area (Å²) in [4.78, 5) is 4.41. The average Bonchev–Trinajstić information content (AvgIpc) is 2.85. The predicted octanol–water partition coefficient (Wildman–Crippen LogP) is 2.83. The molecular formula is C16H28N4. The highest BCUT2D eigenvalue weighted by molar-refractivity contribution is 5.04. The van der Waals surface area contributed by atoms with Gasteiger partial charge in [-0.2, -0.15) is 5.10 Å². The molecule has 20 heavy (non-hydrogen) atoms. The van der Waals surface area contributed by atoms with E-state index in [0.29, 0.717) is 5.92 Å². The predicted molar refractivity (Wildman–Crippen MR) is 80.2 cm³/mol. The number of hydrogen-bond acceptors (Lipinski definition) is 3. The molecule has 1 aromatic rings. The molecule has 4 heteroatoms. The Kier molecular flexibility index (Phi) is 4.11. The third-order valence-corrected chi connectivity index (χ3v) is 5.66. The van der Waals surface area contributed by atoms with E-state index in [1.165, 1.54) is 51.4 Å². The van der Waals surface area contributed by atoms with E-state index in [1.807, 2.05) is 11.7 Å². The van der Waals surface area contributed by atoms with Gasteiger partial charge in [0.15, 0.2) is 0 Å². The fraction of sp³-hybridized carbons (Fsp3) is 0.875. The first kappa shape index (κ1) is 14.1. The molecular weight excluding hydrogens is 248 g/mol. The van der Waals surface area contributed by atoms with Gasteiger partial charge in [-0.25, -0.2) is 4.98 Å². The zero-order valence-electron chi connectivity index (χ0n) is 12.7. The first-order valence-corrected chi connectivity index (χ1v) is 8.31. The molecule has 2 atom stereocenters. The molecule has 0 spiro atoms. The van der Waals surface area contributed by atoms with Crippen molar-refractivity contribution in [2.24, 2.45) is 24.6 Å². The van der Waals surface area contributed by atoms with Gasteiger partial charge < -0.3 is 5.73 Å². The lowest BCUT2D eigenvalue weighted by molar-refractivity contribution is 0.0974. The first-order valence-electron chi connectivity index (χ1n) is 8.31. The topological polar surface area (TPSA) is 56.7 Å². The van der Waals surface area contributed by atoms with E-state index < -0.39 is 0 Å². The maximum Gasteiger partial charge on any atom is 0.138 e. The monoisotopic (exact) mass is 276 g/mol. The standard InChI is InChI=1S/C16H28N4/c1-20-15(18-12-19-20)11-16(17)10-6-5-9-14(16)13-7-3-2-4-8-13/h12-14H,2-11,17H2,1H3. The van der Waals surface area contributed by atoms with E-state index in [9.17, 15) is 0 Å². The van der Waals surface area contributed by atoms with Gasteiger partial charge in [0.25, 0.3) is 0 Å². The van der Waals surface area contributed by atoms with Crippen molar-refractivity contribution in [1.29, 1.82) is 0 Å². The number of aryl methyl sites for hydroxylation is 1. The highest BCUT2D eigenvalue weighted by atomic mass is 15.3. The number of hydrogen-bond donors (Lipinski definition) is 1. The summed E-state index contributed by atoms with van der Waals surface area (Å²) in [5, 5.41) is 4.20. The van der Waals surface area contributed by atoms with Crippen molar-refractivity contribution in [2.75, 3.05) is 0 Å². The van der Waals surface area contributed by atoms with Crippen molar-refractivity contribution in [3.63, 3.8) is 0 Å². The maximum absolute atomic E-state index is 6.91. The normalized spacial score (nSPS) is 32.4. The fourth-order valence-corrected chi connectivity index (χ4v) is 4.53. The Bertz CT molecular complexity index is 435. The highest BCUT2D eigenvalue weighted by Gasteiger charge is 2.42. The van der Waals surface area contributed by atoms with Gasteiger partial charge in [0, 0.05) is 19.0 Å². The van der Waals surface area contributed by atoms with Crippen LogP contribution in [0, 0.1) is 11.8 Å². The molecule has 0 bridgehead atoms. The Morgan fingerprint density at radius 1 is 1.20 bits per heavy atom. The minimum Gasteiger partial charge on any atom is -0.324 e. The molecule has 4 nitrogen and oxygen atoms in total. The van der Waals surface area contributed by atoms with Gasteiger partial charge in [0.1, 0.15) is 12.2 Å². The summed E-state index contributed by atoms with van der Waals surface area (Å²) in [6.45, 7) is 0. The summed E-state index contributed by atoms with van der Waals surface area (Å²) in [6.07, 6.45) is 14.7. The Balaban J connectivity index is 1.77. The smallest absolute Gasteiger partial charge is 0.138 e. The van der Waals surface area contributed by atoms with Crippen LogP contribution in [0.15, 0.2) is 6.33 Å². The maximum atomic E-state index is 6.91. The van der Waals surface area contributed by atoms with Crippen LogP contribution in [-0.2, 0) is 13.5 Å². The molecule has 2 unspecified atom stereocenters. The van der Waals surface area contributed by atoms with Crippen LogP contribution >= 0.6 is 0 Å². The molecule has 1 aromatic heterocycles. The molecule has 2 N–H and O–H groups in total. The van der Waals surface area contributed by atoms with Crippen LogP contribution in [0.4, 0.5) is 0 Å². The van der Waals surface area contributed by atoms with E-state index in [0.717, 1.165) is 24.6 Å². The summed E-state index contributed by atoms with van der Waals surface area (Å²) in [6, 6.07) is 0. The molecule has 1 heterocycles. The van der Waals surface area contributed by atoms with E-state index in [1.54, 1.807) is 6.33 Å². The largest absolute Gasteiger partial charge is 0.324 e. The molecule has 0 aromatic carbocycles. The van der Waals surface area contributed by atoms with Gasteiger partial charge in [-0.3, -0.25) is 4.68 Å². The van der Waals surface area contributed by atoms with Crippen molar-refractivity contribution in [3.05, 3.63) is 12.2 Å². The second-order valence-corrected chi connectivity index (χ2v) is 6.96. The average molecular weight is 276 g/mol. The fourth-order valence-electron chi connectivity index (χ4n) is 4.53.